The van der Waals surface area contributed by atoms with E-state index < -0.39 is 17.8 Å². The zero-order chi connectivity index (χ0) is 12.6. The van der Waals surface area contributed by atoms with E-state index in [1.54, 1.807) is 0 Å². The Balaban J connectivity index is 2.43. The van der Waals surface area contributed by atoms with Gasteiger partial charge in [0.1, 0.15) is 0 Å². The van der Waals surface area contributed by atoms with Crippen LogP contribution in [0.2, 0.25) is 0 Å². The summed E-state index contributed by atoms with van der Waals surface area (Å²) in [5.74, 6) is 0. The molecule has 0 saturated carbocycles. The fourth-order valence-corrected chi connectivity index (χ4v) is 1.97. The van der Waals surface area contributed by atoms with Crippen LogP contribution in [0.15, 0.2) is 18.2 Å². The van der Waals surface area contributed by atoms with Gasteiger partial charge in [0.25, 0.3) is 0 Å². The molecule has 1 amide bonds. The van der Waals surface area contributed by atoms with Gasteiger partial charge in [-0.3, -0.25) is 4.90 Å². The number of fused-ring (bicyclic) bond motifs is 1. The first-order valence-electron chi connectivity index (χ1n) is 5.10. The van der Waals surface area contributed by atoms with Crippen LogP contribution >= 0.6 is 0 Å². The van der Waals surface area contributed by atoms with Gasteiger partial charge in [0.2, 0.25) is 0 Å². The Labute approximate surface area is 95.5 Å². The average Bonchev–Trinajstić information content (AvgIpc) is 2.26. The smallest absolute Gasteiger partial charge is 0.416 e. The van der Waals surface area contributed by atoms with E-state index >= 15 is 0 Å². The molecule has 92 valence electrons. The summed E-state index contributed by atoms with van der Waals surface area (Å²) in [4.78, 5) is 12.0. The maximum Gasteiger partial charge on any atom is 0.416 e. The lowest BCUT2D eigenvalue weighted by molar-refractivity contribution is -0.137. The molecule has 0 unspecified atom stereocenters. The molecule has 1 aliphatic rings. The second-order valence-corrected chi connectivity index (χ2v) is 3.88. The zero-order valence-electron chi connectivity index (χ0n) is 8.79. The van der Waals surface area contributed by atoms with Crippen LogP contribution in [-0.2, 0) is 12.6 Å². The number of aryl methyl sites for hydroxylation is 1. The Bertz CT molecular complexity index is 457. The van der Waals surface area contributed by atoms with Gasteiger partial charge in [0.15, 0.2) is 0 Å². The molecule has 0 spiro atoms. The molecular weight excluding hydrogens is 235 g/mol. The van der Waals surface area contributed by atoms with Crippen LogP contribution < -0.4 is 4.90 Å². The highest BCUT2D eigenvalue weighted by Crippen LogP contribution is 2.35. The van der Waals surface area contributed by atoms with Gasteiger partial charge in [-0.05, 0) is 36.6 Å². The van der Waals surface area contributed by atoms with Gasteiger partial charge < -0.3 is 5.11 Å². The minimum absolute atomic E-state index is 0.327. The van der Waals surface area contributed by atoms with E-state index in [0.717, 1.165) is 17.0 Å². The number of amides is 1. The average molecular weight is 245 g/mol. The molecule has 0 atom stereocenters. The fraction of sp³-hybridized carbons (Fsp3) is 0.364. The normalized spacial score (nSPS) is 15.6. The van der Waals surface area contributed by atoms with Crippen LogP contribution in [0.5, 0.6) is 0 Å². The Morgan fingerprint density at radius 2 is 2.06 bits per heavy atom. The van der Waals surface area contributed by atoms with E-state index in [9.17, 15) is 18.0 Å². The number of hydrogen-bond acceptors (Lipinski definition) is 1. The summed E-state index contributed by atoms with van der Waals surface area (Å²) < 4.78 is 37.5. The van der Waals surface area contributed by atoms with Crippen LogP contribution in [0, 0.1) is 0 Å². The van der Waals surface area contributed by atoms with Crippen molar-refractivity contribution in [3.05, 3.63) is 29.3 Å². The molecule has 0 fully saturated rings. The largest absolute Gasteiger partial charge is 0.465 e. The van der Waals surface area contributed by atoms with Crippen molar-refractivity contribution >= 4 is 11.8 Å². The molecular formula is C11H10F3NO2. The van der Waals surface area contributed by atoms with E-state index in [-0.39, 0.29) is 0 Å². The maximum absolute atomic E-state index is 12.5. The highest BCUT2D eigenvalue weighted by molar-refractivity contribution is 5.87. The minimum Gasteiger partial charge on any atom is -0.465 e. The van der Waals surface area contributed by atoms with Crippen molar-refractivity contribution in [2.45, 2.75) is 19.0 Å². The number of halogens is 3. The van der Waals surface area contributed by atoms with Gasteiger partial charge in [0, 0.05) is 6.54 Å². The first-order chi connectivity index (χ1) is 7.89. The van der Waals surface area contributed by atoms with Gasteiger partial charge >= 0.3 is 12.3 Å². The molecule has 3 nitrogen and oxygen atoms in total. The second-order valence-electron chi connectivity index (χ2n) is 3.88. The number of alkyl halides is 3. The lowest BCUT2D eigenvalue weighted by Gasteiger charge is -2.27. The quantitative estimate of drug-likeness (QED) is 0.762. The number of rotatable bonds is 0. The molecule has 2 rings (SSSR count). The lowest BCUT2D eigenvalue weighted by atomic mass is 9.99. The molecule has 0 aromatic heterocycles. The highest BCUT2D eigenvalue weighted by Gasteiger charge is 2.32. The highest BCUT2D eigenvalue weighted by atomic mass is 19.4. The zero-order valence-corrected chi connectivity index (χ0v) is 8.79. The molecule has 1 N–H and O–H groups in total. The molecule has 0 bridgehead atoms. The molecule has 0 radical (unpaired) electrons. The van der Waals surface area contributed by atoms with Crippen molar-refractivity contribution < 1.29 is 23.1 Å². The molecule has 6 heteroatoms. The lowest BCUT2D eigenvalue weighted by Crippen LogP contribution is -2.34. The summed E-state index contributed by atoms with van der Waals surface area (Å²) in [6.45, 7) is 0.327. The Hall–Kier alpha value is -1.72. The number of nitrogens with zero attached hydrogens (tertiary/aromatic N) is 1. The third-order valence-electron chi connectivity index (χ3n) is 2.76. The van der Waals surface area contributed by atoms with Crippen LogP contribution in [0.1, 0.15) is 17.5 Å². The van der Waals surface area contributed by atoms with Crippen molar-refractivity contribution in [2.24, 2.45) is 0 Å². The van der Waals surface area contributed by atoms with E-state index in [2.05, 4.69) is 0 Å². The Morgan fingerprint density at radius 1 is 1.35 bits per heavy atom. The third-order valence-corrected chi connectivity index (χ3v) is 2.76. The topological polar surface area (TPSA) is 40.5 Å². The molecule has 0 saturated heterocycles. The SMILES string of the molecule is O=C(O)N1CCCc2cc(C(F)(F)F)ccc21. The monoisotopic (exact) mass is 245 g/mol. The fourth-order valence-electron chi connectivity index (χ4n) is 1.97. The molecule has 1 aromatic rings. The summed E-state index contributed by atoms with van der Waals surface area (Å²) in [5, 5.41) is 8.92. The molecule has 17 heavy (non-hydrogen) atoms. The van der Waals surface area contributed by atoms with Crippen LogP contribution in [0.3, 0.4) is 0 Å². The van der Waals surface area contributed by atoms with Gasteiger partial charge in [-0.25, -0.2) is 4.79 Å². The molecule has 1 heterocycles. The summed E-state index contributed by atoms with van der Waals surface area (Å²) in [5.41, 5.74) is 0.0636. The second kappa shape index (κ2) is 3.94. The van der Waals surface area contributed by atoms with Crippen molar-refractivity contribution in [3.63, 3.8) is 0 Å². The van der Waals surface area contributed by atoms with E-state index in [4.69, 9.17) is 5.11 Å². The Morgan fingerprint density at radius 3 is 2.65 bits per heavy atom. The van der Waals surface area contributed by atoms with E-state index in [1.165, 1.54) is 6.07 Å². The van der Waals surface area contributed by atoms with Crippen molar-refractivity contribution in [1.82, 2.24) is 0 Å². The van der Waals surface area contributed by atoms with Gasteiger partial charge in [-0.2, -0.15) is 13.2 Å². The van der Waals surface area contributed by atoms with Gasteiger partial charge in [-0.1, -0.05) is 0 Å². The first kappa shape index (κ1) is 11.8. The number of hydrogen-bond donors (Lipinski definition) is 1. The van der Waals surface area contributed by atoms with E-state index in [1.807, 2.05) is 0 Å². The molecule has 0 aliphatic carbocycles. The standard InChI is InChI=1S/C11H10F3NO2/c12-11(13,14)8-3-4-9-7(6-8)2-1-5-15(9)10(16)17/h3-4,6H,1-2,5H2,(H,16,17). The number of anilines is 1. The number of carboxylic acid groups (broad SMARTS) is 1. The molecule has 1 aliphatic heterocycles. The molecule has 1 aromatic carbocycles. The predicted octanol–water partition coefficient (Wildman–Crippen LogP) is 3.14. The summed E-state index contributed by atoms with van der Waals surface area (Å²) >= 11 is 0. The van der Waals surface area contributed by atoms with Crippen LogP contribution in [0.4, 0.5) is 23.7 Å². The van der Waals surface area contributed by atoms with Crippen molar-refractivity contribution in [3.8, 4) is 0 Å². The number of carbonyl (C=O) groups is 1. The third kappa shape index (κ3) is 2.20. The van der Waals surface area contributed by atoms with E-state index in [0.29, 0.717) is 30.6 Å². The van der Waals surface area contributed by atoms with Gasteiger partial charge in [-0.15, -0.1) is 0 Å². The van der Waals surface area contributed by atoms with Crippen LogP contribution in [0.25, 0.3) is 0 Å². The predicted molar refractivity (Wildman–Crippen MR) is 55.1 cm³/mol. The van der Waals surface area contributed by atoms with Crippen LogP contribution in [-0.4, -0.2) is 17.7 Å². The van der Waals surface area contributed by atoms with Gasteiger partial charge in [0.05, 0.1) is 11.3 Å². The first-order valence-corrected chi connectivity index (χ1v) is 5.10. The summed E-state index contributed by atoms with van der Waals surface area (Å²) in [7, 11) is 0. The summed E-state index contributed by atoms with van der Waals surface area (Å²) in [6, 6.07) is 3.18. The van der Waals surface area contributed by atoms with Crippen molar-refractivity contribution in [2.75, 3.05) is 11.4 Å². The Kier molecular flexibility index (Phi) is 2.73. The van der Waals surface area contributed by atoms with Crippen molar-refractivity contribution in [1.29, 1.82) is 0 Å². The summed E-state index contributed by atoms with van der Waals surface area (Å²) in [6.07, 6.45) is -4.50. The minimum atomic E-state index is -4.39. The number of benzene rings is 1. The maximum atomic E-state index is 12.5.